The Kier molecular flexibility index (Phi) is 5.83. The molecule has 1 aromatic carbocycles. The maximum absolute atomic E-state index is 12.2. The van der Waals surface area contributed by atoms with E-state index in [4.69, 9.17) is 9.73 Å². The molecule has 0 spiro atoms. The van der Waals surface area contributed by atoms with Crippen molar-refractivity contribution in [3.8, 4) is 0 Å². The molecule has 2 heterocycles. The van der Waals surface area contributed by atoms with Gasteiger partial charge in [-0.15, -0.1) is 0 Å². The van der Waals surface area contributed by atoms with Crippen molar-refractivity contribution in [2.24, 2.45) is 4.99 Å². The van der Waals surface area contributed by atoms with Crippen LogP contribution in [0.25, 0.3) is 0 Å². The van der Waals surface area contributed by atoms with Gasteiger partial charge in [0.05, 0.1) is 12.3 Å². The van der Waals surface area contributed by atoms with E-state index in [2.05, 4.69) is 9.97 Å². The van der Waals surface area contributed by atoms with Gasteiger partial charge in [-0.05, 0) is 42.3 Å². The summed E-state index contributed by atoms with van der Waals surface area (Å²) < 4.78 is 5.12. The summed E-state index contributed by atoms with van der Waals surface area (Å²) in [6.45, 7) is 2.08. The second-order valence-electron chi connectivity index (χ2n) is 5.55. The molecule has 0 aliphatic heterocycles. The highest BCUT2D eigenvalue weighted by Gasteiger charge is 2.14. The third-order valence-electron chi connectivity index (χ3n) is 3.75. The molecule has 0 bridgehead atoms. The summed E-state index contributed by atoms with van der Waals surface area (Å²) in [5, 5.41) is 0. The number of hydrogen-bond acceptors (Lipinski definition) is 5. The lowest BCUT2D eigenvalue weighted by Gasteiger charge is -2.09. The second kappa shape index (κ2) is 8.67. The first-order chi connectivity index (χ1) is 12.8. The fourth-order valence-corrected chi connectivity index (χ4v) is 2.51. The molecule has 0 amide bonds. The average molecular weight is 345 g/mol. The van der Waals surface area contributed by atoms with E-state index in [1.165, 1.54) is 0 Å². The lowest BCUT2D eigenvalue weighted by atomic mass is 10.0. The van der Waals surface area contributed by atoms with Gasteiger partial charge in [-0.1, -0.05) is 30.3 Å². The average Bonchev–Trinajstić information content (AvgIpc) is 2.69. The molecule has 26 heavy (non-hydrogen) atoms. The molecule has 0 unspecified atom stereocenters. The predicted octanol–water partition coefficient (Wildman–Crippen LogP) is 4.02. The highest BCUT2D eigenvalue weighted by Crippen LogP contribution is 2.19. The number of rotatable bonds is 6. The summed E-state index contributed by atoms with van der Waals surface area (Å²) in [4.78, 5) is 25.3. The summed E-state index contributed by atoms with van der Waals surface area (Å²) in [5.41, 5.74) is 3.24. The van der Waals surface area contributed by atoms with Gasteiger partial charge in [0.1, 0.15) is 5.56 Å². The number of aromatic nitrogens is 2. The number of carbonyl (C=O) groups is 1. The minimum atomic E-state index is -0.421. The summed E-state index contributed by atoms with van der Waals surface area (Å²) in [7, 11) is 0. The maximum atomic E-state index is 12.2. The van der Waals surface area contributed by atoms with Crippen LogP contribution in [0.2, 0.25) is 0 Å². The molecule has 2 aromatic heterocycles. The van der Waals surface area contributed by atoms with Crippen LogP contribution < -0.4 is 0 Å². The van der Waals surface area contributed by atoms with Crippen molar-refractivity contribution >= 4 is 17.5 Å². The SMILES string of the molecule is CCOC(=O)c1cccnc1N=C(Cc1ccncc1)c1ccccc1. The molecule has 3 rings (SSSR count). The van der Waals surface area contributed by atoms with Crippen LogP contribution in [-0.4, -0.2) is 28.3 Å². The normalized spacial score (nSPS) is 11.2. The van der Waals surface area contributed by atoms with E-state index in [0.717, 1.165) is 16.8 Å². The lowest BCUT2D eigenvalue weighted by Crippen LogP contribution is -2.08. The molecule has 5 nitrogen and oxygen atoms in total. The van der Waals surface area contributed by atoms with E-state index < -0.39 is 5.97 Å². The minimum Gasteiger partial charge on any atom is -0.462 e. The van der Waals surface area contributed by atoms with Crippen molar-refractivity contribution in [3.63, 3.8) is 0 Å². The van der Waals surface area contributed by atoms with Gasteiger partial charge >= 0.3 is 5.97 Å². The largest absolute Gasteiger partial charge is 0.462 e. The van der Waals surface area contributed by atoms with E-state index in [1.807, 2.05) is 42.5 Å². The first-order valence-electron chi connectivity index (χ1n) is 8.42. The van der Waals surface area contributed by atoms with Crippen LogP contribution in [0.4, 0.5) is 5.82 Å². The van der Waals surface area contributed by atoms with Crippen molar-refractivity contribution in [2.45, 2.75) is 13.3 Å². The zero-order valence-corrected chi connectivity index (χ0v) is 14.5. The van der Waals surface area contributed by atoms with Crippen LogP contribution in [0.15, 0.2) is 78.2 Å². The van der Waals surface area contributed by atoms with Crippen LogP contribution in [0.1, 0.15) is 28.4 Å². The molecule has 3 aromatic rings. The third-order valence-corrected chi connectivity index (χ3v) is 3.75. The van der Waals surface area contributed by atoms with E-state index in [0.29, 0.717) is 24.4 Å². The Labute approximate surface area is 152 Å². The number of carbonyl (C=O) groups excluding carboxylic acids is 1. The zero-order chi connectivity index (χ0) is 18.2. The maximum Gasteiger partial charge on any atom is 0.341 e. The molecular formula is C21H19N3O2. The monoisotopic (exact) mass is 345 g/mol. The summed E-state index contributed by atoms with van der Waals surface area (Å²) in [5.74, 6) is -0.0606. The summed E-state index contributed by atoms with van der Waals surface area (Å²) in [6, 6.07) is 17.1. The molecule has 0 atom stereocenters. The van der Waals surface area contributed by atoms with Gasteiger partial charge in [0.25, 0.3) is 0 Å². The Morgan fingerprint density at radius 3 is 2.50 bits per heavy atom. The van der Waals surface area contributed by atoms with Crippen molar-refractivity contribution in [1.82, 2.24) is 9.97 Å². The molecule has 0 fully saturated rings. The standard InChI is InChI=1S/C21H19N3O2/c1-2-26-21(25)18-9-6-12-23-20(18)24-19(17-7-4-3-5-8-17)15-16-10-13-22-14-11-16/h3-14H,2,15H2,1H3. The van der Waals surface area contributed by atoms with Crippen LogP contribution >= 0.6 is 0 Å². The first kappa shape index (κ1) is 17.5. The Bertz CT molecular complexity index is 893. The van der Waals surface area contributed by atoms with Crippen molar-refractivity contribution in [2.75, 3.05) is 6.61 Å². The van der Waals surface area contributed by atoms with Crippen LogP contribution in [0, 0.1) is 0 Å². The van der Waals surface area contributed by atoms with E-state index in [1.54, 1.807) is 37.6 Å². The van der Waals surface area contributed by atoms with Crippen LogP contribution in [0.5, 0.6) is 0 Å². The number of pyridine rings is 2. The number of ether oxygens (including phenoxy) is 1. The van der Waals surface area contributed by atoms with Crippen LogP contribution in [0.3, 0.4) is 0 Å². The second-order valence-corrected chi connectivity index (χ2v) is 5.55. The highest BCUT2D eigenvalue weighted by molar-refractivity contribution is 6.04. The summed E-state index contributed by atoms with van der Waals surface area (Å²) in [6.07, 6.45) is 5.73. The molecular weight excluding hydrogens is 326 g/mol. The lowest BCUT2D eigenvalue weighted by molar-refractivity contribution is 0.0527. The Morgan fingerprint density at radius 2 is 1.77 bits per heavy atom. The zero-order valence-electron chi connectivity index (χ0n) is 14.5. The Balaban J connectivity index is 2.03. The van der Waals surface area contributed by atoms with Crippen molar-refractivity contribution in [1.29, 1.82) is 0 Å². The molecule has 130 valence electrons. The molecule has 0 saturated heterocycles. The van der Waals surface area contributed by atoms with Gasteiger partial charge in [0, 0.05) is 25.0 Å². The first-order valence-corrected chi connectivity index (χ1v) is 8.42. The van der Waals surface area contributed by atoms with Gasteiger partial charge in [0.15, 0.2) is 5.82 Å². The highest BCUT2D eigenvalue weighted by atomic mass is 16.5. The molecule has 5 heteroatoms. The van der Waals surface area contributed by atoms with Gasteiger partial charge in [-0.25, -0.2) is 14.8 Å². The molecule has 0 N–H and O–H groups in total. The van der Waals surface area contributed by atoms with Gasteiger partial charge in [-0.3, -0.25) is 4.98 Å². The predicted molar refractivity (Wildman–Crippen MR) is 101 cm³/mol. The fraction of sp³-hybridized carbons (Fsp3) is 0.143. The molecule has 0 radical (unpaired) electrons. The Morgan fingerprint density at radius 1 is 1.00 bits per heavy atom. The molecule has 0 aliphatic rings. The van der Waals surface area contributed by atoms with E-state index >= 15 is 0 Å². The number of aliphatic imine (C=N–C) groups is 1. The number of benzene rings is 1. The topological polar surface area (TPSA) is 64.4 Å². The number of nitrogens with zero attached hydrogens (tertiary/aromatic N) is 3. The van der Waals surface area contributed by atoms with Gasteiger partial charge in [-0.2, -0.15) is 0 Å². The van der Waals surface area contributed by atoms with E-state index in [-0.39, 0.29) is 0 Å². The smallest absolute Gasteiger partial charge is 0.341 e. The molecule has 0 aliphatic carbocycles. The Hall–Kier alpha value is -3.34. The summed E-state index contributed by atoms with van der Waals surface area (Å²) >= 11 is 0. The number of hydrogen-bond donors (Lipinski definition) is 0. The van der Waals surface area contributed by atoms with Crippen LogP contribution in [-0.2, 0) is 11.2 Å². The third kappa shape index (κ3) is 4.39. The molecule has 0 saturated carbocycles. The van der Waals surface area contributed by atoms with E-state index in [9.17, 15) is 4.79 Å². The minimum absolute atomic E-state index is 0.305. The number of esters is 1. The van der Waals surface area contributed by atoms with Crippen molar-refractivity contribution < 1.29 is 9.53 Å². The quantitative estimate of drug-likeness (QED) is 0.500. The van der Waals surface area contributed by atoms with Crippen molar-refractivity contribution in [3.05, 3.63) is 89.9 Å². The van der Waals surface area contributed by atoms with Gasteiger partial charge < -0.3 is 4.74 Å². The van der Waals surface area contributed by atoms with Gasteiger partial charge in [0.2, 0.25) is 0 Å². The fourth-order valence-electron chi connectivity index (χ4n) is 2.51.